The summed E-state index contributed by atoms with van der Waals surface area (Å²) in [5.74, 6) is 0.688. The van der Waals surface area contributed by atoms with Crippen molar-refractivity contribution in [1.29, 1.82) is 0 Å². The molecule has 22 heavy (non-hydrogen) atoms. The summed E-state index contributed by atoms with van der Waals surface area (Å²) in [4.78, 5) is 12.1. The van der Waals surface area contributed by atoms with Crippen LogP contribution in [0, 0.1) is 11.8 Å². The van der Waals surface area contributed by atoms with Gasteiger partial charge in [-0.05, 0) is 30.7 Å². The number of hydrogen-bond acceptors (Lipinski definition) is 3. The van der Waals surface area contributed by atoms with Crippen LogP contribution in [0.15, 0.2) is 30.3 Å². The van der Waals surface area contributed by atoms with Gasteiger partial charge in [-0.1, -0.05) is 44.2 Å². The molecule has 1 aliphatic rings. The molecule has 1 amide bonds. The zero-order chi connectivity index (χ0) is 15.9. The zero-order valence-corrected chi connectivity index (χ0v) is 13.6. The summed E-state index contributed by atoms with van der Waals surface area (Å²) in [7, 11) is 0. The molecular weight excluding hydrogens is 276 g/mol. The first-order valence-corrected chi connectivity index (χ1v) is 8.27. The molecule has 1 aromatic rings. The van der Waals surface area contributed by atoms with E-state index < -0.39 is 6.04 Å². The van der Waals surface area contributed by atoms with E-state index in [1.54, 1.807) is 0 Å². The van der Waals surface area contributed by atoms with Gasteiger partial charge in [0, 0.05) is 19.1 Å². The highest BCUT2D eigenvalue weighted by Crippen LogP contribution is 2.33. The number of benzene rings is 1. The molecule has 122 valence electrons. The van der Waals surface area contributed by atoms with Gasteiger partial charge in [-0.2, -0.15) is 0 Å². The lowest BCUT2D eigenvalue weighted by atomic mass is 9.89. The van der Waals surface area contributed by atoms with Gasteiger partial charge in [0.05, 0.1) is 12.1 Å². The van der Waals surface area contributed by atoms with Crippen LogP contribution in [0.3, 0.4) is 0 Å². The van der Waals surface area contributed by atoms with E-state index in [1.165, 1.54) is 5.56 Å². The van der Waals surface area contributed by atoms with E-state index in [9.17, 15) is 4.79 Å². The van der Waals surface area contributed by atoms with Crippen molar-refractivity contribution in [2.45, 2.75) is 45.3 Å². The highest BCUT2D eigenvalue weighted by molar-refractivity contribution is 5.81. The molecule has 0 radical (unpaired) electrons. The predicted molar refractivity (Wildman–Crippen MR) is 88.3 cm³/mol. The molecule has 0 aromatic heterocycles. The second-order valence-electron chi connectivity index (χ2n) is 6.59. The molecule has 1 aromatic carbocycles. The topological polar surface area (TPSA) is 64.4 Å². The summed E-state index contributed by atoms with van der Waals surface area (Å²) in [6.45, 7) is 5.57. The molecule has 1 saturated heterocycles. The van der Waals surface area contributed by atoms with Gasteiger partial charge in [0.25, 0.3) is 0 Å². The lowest BCUT2D eigenvalue weighted by molar-refractivity contribution is -0.123. The molecule has 4 nitrogen and oxygen atoms in total. The molecule has 2 rings (SSSR count). The standard InChI is InChI=1S/C18H28N2O2/c1-13(2)11-16(19)18(21)20-12-15-9-6-10-22-17(15)14-7-4-3-5-8-14/h3-5,7-8,13,15-17H,6,9-12,19H2,1-2H3,(H,20,21)/t15?,16-,17?/m0/s1. The largest absolute Gasteiger partial charge is 0.373 e. The molecule has 2 unspecified atom stereocenters. The molecule has 1 aliphatic heterocycles. The molecule has 1 fully saturated rings. The Morgan fingerprint density at radius 1 is 1.36 bits per heavy atom. The van der Waals surface area contributed by atoms with Gasteiger partial charge < -0.3 is 15.8 Å². The fourth-order valence-electron chi connectivity index (χ4n) is 3.04. The molecule has 0 spiro atoms. The molecule has 3 atom stereocenters. The van der Waals surface area contributed by atoms with Crippen LogP contribution in [0.2, 0.25) is 0 Å². The van der Waals surface area contributed by atoms with E-state index in [-0.39, 0.29) is 12.0 Å². The zero-order valence-electron chi connectivity index (χ0n) is 13.6. The first-order chi connectivity index (χ1) is 10.6. The van der Waals surface area contributed by atoms with E-state index in [0.29, 0.717) is 18.4 Å². The van der Waals surface area contributed by atoms with Crippen LogP contribution >= 0.6 is 0 Å². The highest BCUT2D eigenvalue weighted by atomic mass is 16.5. The molecule has 0 bridgehead atoms. The van der Waals surface area contributed by atoms with E-state index in [4.69, 9.17) is 10.5 Å². The number of rotatable bonds is 6. The Hall–Kier alpha value is -1.39. The van der Waals surface area contributed by atoms with Gasteiger partial charge in [0.15, 0.2) is 0 Å². The molecule has 3 N–H and O–H groups in total. The third kappa shape index (κ3) is 4.82. The Morgan fingerprint density at radius 3 is 2.77 bits per heavy atom. The summed E-state index contributed by atoms with van der Waals surface area (Å²) in [5.41, 5.74) is 7.12. The number of ether oxygens (including phenoxy) is 1. The number of amides is 1. The van der Waals surface area contributed by atoms with Crippen molar-refractivity contribution in [3.63, 3.8) is 0 Å². The summed E-state index contributed by atoms with van der Waals surface area (Å²) in [6.07, 6.45) is 2.90. The van der Waals surface area contributed by atoms with Crippen LogP contribution in [-0.4, -0.2) is 25.1 Å². The Balaban J connectivity index is 1.91. The second-order valence-corrected chi connectivity index (χ2v) is 6.59. The van der Waals surface area contributed by atoms with Crippen molar-refractivity contribution in [3.8, 4) is 0 Å². The molecular formula is C18H28N2O2. The fourth-order valence-corrected chi connectivity index (χ4v) is 3.04. The fraction of sp³-hybridized carbons (Fsp3) is 0.611. The Labute approximate surface area is 133 Å². The second kappa shape index (κ2) is 8.30. The number of nitrogens with one attached hydrogen (secondary N) is 1. The minimum Gasteiger partial charge on any atom is -0.373 e. The number of hydrogen-bond donors (Lipinski definition) is 2. The van der Waals surface area contributed by atoms with E-state index in [1.807, 2.05) is 18.2 Å². The molecule has 4 heteroatoms. The number of carbonyl (C=O) groups is 1. The summed E-state index contributed by atoms with van der Waals surface area (Å²) in [5, 5.41) is 3.01. The average Bonchev–Trinajstić information content (AvgIpc) is 2.53. The minimum absolute atomic E-state index is 0.0499. The first kappa shape index (κ1) is 17.0. The van der Waals surface area contributed by atoms with Crippen molar-refractivity contribution in [2.24, 2.45) is 17.6 Å². The van der Waals surface area contributed by atoms with Crippen LogP contribution in [-0.2, 0) is 9.53 Å². The lowest BCUT2D eigenvalue weighted by Crippen LogP contribution is -2.44. The molecule has 1 heterocycles. The van der Waals surface area contributed by atoms with Crippen molar-refractivity contribution in [3.05, 3.63) is 35.9 Å². The number of nitrogens with two attached hydrogens (primary N) is 1. The quantitative estimate of drug-likeness (QED) is 0.849. The Morgan fingerprint density at radius 2 is 2.09 bits per heavy atom. The van der Waals surface area contributed by atoms with Crippen LogP contribution in [0.5, 0.6) is 0 Å². The van der Waals surface area contributed by atoms with Gasteiger partial charge >= 0.3 is 0 Å². The van der Waals surface area contributed by atoms with E-state index in [2.05, 4.69) is 31.3 Å². The van der Waals surface area contributed by atoms with Crippen molar-refractivity contribution < 1.29 is 9.53 Å². The van der Waals surface area contributed by atoms with Crippen molar-refractivity contribution >= 4 is 5.91 Å². The van der Waals surface area contributed by atoms with Gasteiger partial charge in [-0.25, -0.2) is 0 Å². The predicted octanol–water partition coefficient (Wildman–Crippen LogP) is 2.64. The Bertz CT molecular complexity index is 461. The molecule has 0 saturated carbocycles. The van der Waals surface area contributed by atoms with Crippen LogP contribution < -0.4 is 11.1 Å². The van der Waals surface area contributed by atoms with Crippen molar-refractivity contribution in [2.75, 3.05) is 13.2 Å². The van der Waals surface area contributed by atoms with Crippen LogP contribution in [0.4, 0.5) is 0 Å². The monoisotopic (exact) mass is 304 g/mol. The molecule has 0 aliphatic carbocycles. The SMILES string of the molecule is CC(C)C[C@H](N)C(=O)NCC1CCCOC1c1ccccc1. The van der Waals surface area contributed by atoms with Gasteiger partial charge in [0.2, 0.25) is 5.91 Å². The van der Waals surface area contributed by atoms with E-state index in [0.717, 1.165) is 25.9 Å². The third-order valence-electron chi connectivity index (χ3n) is 4.17. The summed E-state index contributed by atoms with van der Waals surface area (Å²) >= 11 is 0. The van der Waals surface area contributed by atoms with E-state index >= 15 is 0 Å². The first-order valence-electron chi connectivity index (χ1n) is 8.27. The van der Waals surface area contributed by atoms with Crippen molar-refractivity contribution in [1.82, 2.24) is 5.32 Å². The highest BCUT2D eigenvalue weighted by Gasteiger charge is 2.28. The lowest BCUT2D eigenvalue weighted by Gasteiger charge is -2.32. The van der Waals surface area contributed by atoms with Crippen LogP contribution in [0.25, 0.3) is 0 Å². The maximum Gasteiger partial charge on any atom is 0.236 e. The minimum atomic E-state index is -0.417. The number of carbonyl (C=O) groups excluding carboxylic acids is 1. The smallest absolute Gasteiger partial charge is 0.236 e. The average molecular weight is 304 g/mol. The maximum absolute atomic E-state index is 12.1. The van der Waals surface area contributed by atoms with Gasteiger partial charge in [0.1, 0.15) is 0 Å². The van der Waals surface area contributed by atoms with Gasteiger partial charge in [-0.3, -0.25) is 4.79 Å². The maximum atomic E-state index is 12.1. The van der Waals surface area contributed by atoms with Crippen LogP contribution in [0.1, 0.15) is 44.8 Å². The Kier molecular flexibility index (Phi) is 6.40. The normalized spacial score (nSPS) is 23.3. The van der Waals surface area contributed by atoms with Gasteiger partial charge in [-0.15, -0.1) is 0 Å². The summed E-state index contributed by atoms with van der Waals surface area (Å²) < 4.78 is 5.95. The summed E-state index contributed by atoms with van der Waals surface area (Å²) in [6, 6.07) is 9.83. The third-order valence-corrected chi connectivity index (χ3v) is 4.17.